The molecule has 26 heavy (non-hydrogen) atoms. The molecule has 9 heteroatoms. The van der Waals surface area contributed by atoms with Gasteiger partial charge in [0.2, 0.25) is 5.13 Å². The summed E-state index contributed by atoms with van der Waals surface area (Å²) < 4.78 is 5.46. The molecule has 0 radical (unpaired) electrons. The average molecular weight is 387 g/mol. The number of aryl methyl sites for hydroxylation is 2. The molecule has 0 aliphatic carbocycles. The number of anilines is 1. The van der Waals surface area contributed by atoms with E-state index in [4.69, 9.17) is 4.42 Å². The maximum Gasteiger partial charge on any atom is 0.301 e. The highest BCUT2D eigenvalue weighted by Gasteiger charge is 2.48. The molecule has 1 atom stereocenters. The molecule has 3 aromatic rings. The van der Waals surface area contributed by atoms with Gasteiger partial charge in [-0.05, 0) is 42.3 Å². The lowest BCUT2D eigenvalue weighted by atomic mass is 9.97. The average Bonchev–Trinajstić information content (AvgIpc) is 3.36. The lowest BCUT2D eigenvalue weighted by Crippen LogP contribution is -2.29. The fourth-order valence-corrected chi connectivity index (χ4v) is 4.32. The third kappa shape index (κ3) is 2.47. The summed E-state index contributed by atoms with van der Waals surface area (Å²) in [6.45, 7) is 3.45. The van der Waals surface area contributed by atoms with Crippen molar-refractivity contribution in [1.82, 2.24) is 10.2 Å². The number of hydrogen-bond acceptors (Lipinski definition) is 8. The van der Waals surface area contributed by atoms with Gasteiger partial charge in [-0.15, -0.1) is 10.2 Å². The maximum atomic E-state index is 12.8. The minimum Gasteiger partial charge on any atom is -0.507 e. The summed E-state index contributed by atoms with van der Waals surface area (Å²) in [4.78, 5) is 26.8. The molecule has 1 fully saturated rings. The predicted octanol–water partition coefficient (Wildman–Crippen LogP) is 3.44. The summed E-state index contributed by atoms with van der Waals surface area (Å²) in [5.41, 5.74) is 2.64. The van der Waals surface area contributed by atoms with E-state index in [-0.39, 0.29) is 11.3 Å². The van der Waals surface area contributed by atoms with Gasteiger partial charge in [-0.2, -0.15) is 11.3 Å². The van der Waals surface area contributed by atoms with Crippen molar-refractivity contribution in [2.45, 2.75) is 19.9 Å². The number of nitrogens with zero attached hydrogens (tertiary/aromatic N) is 3. The Morgan fingerprint density at radius 1 is 1.35 bits per heavy atom. The van der Waals surface area contributed by atoms with Gasteiger partial charge < -0.3 is 9.52 Å². The smallest absolute Gasteiger partial charge is 0.301 e. The minimum atomic E-state index is -0.760. The summed E-state index contributed by atoms with van der Waals surface area (Å²) in [5.74, 6) is -0.661. The van der Waals surface area contributed by atoms with Crippen LogP contribution in [0.5, 0.6) is 0 Å². The number of carbonyl (C=O) groups excluding carboxylic acids is 2. The summed E-state index contributed by atoms with van der Waals surface area (Å²) >= 11 is 2.60. The van der Waals surface area contributed by atoms with Crippen LogP contribution in [0.3, 0.4) is 0 Å². The van der Waals surface area contributed by atoms with Crippen LogP contribution in [0.15, 0.2) is 38.4 Å². The molecule has 0 spiro atoms. The zero-order valence-corrected chi connectivity index (χ0v) is 15.4. The molecule has 3 aromatic heterocycles. The van der Waals surface area contributed by atoms with E-state index in [1.54, 1.807) is 19.9 Å². The van der Waals surface area contributed by atoms with Crippen LogP contribution in [0.2, 0.25) is 0 Å². The zero-order chi connectivity index (χ0) is 18.4. The van der Waals surface area contributed by atoms with Crippen molar-refractivity contribution in [2.75, 3.05) is 4.90 Å². The van der Waals surface area contributed by atoms with Gasteiger partial charge in [0.05, 0.1) is 17.2 Å². The molecule has 1 unspecified atom stereocenters. The SMILES string of the molecule is Cc1cc(C(O)=C2C(=O)C(=O)N(c3nncs3)C2c2ccsc2)c(C)o1. The highest BCUT2D eigenvalue weighted by molar-refractivity contribution is 7.13. The van der Waals surface area contributed by atoms with Crippen molar-refractivity contribution in [1.29, 1.82) is 0 Å². The van der Waals surface area contributed by atoms with Gasteiger partial charge in [-0.25, -0.2) is 0 Å². The van der Waals surface area contributed by atoms with Gasteiger partial charge in [0.15, 0.2) is 0 Å². The first-order valence-corrected chi connectivity index (χ1v) is 9.48. The topological polar surface area (TPSA) is 96.5 Å². The van der Waals surface area contributed by atoms with Crippen LogP contribution in [0, 0.1) is 13.8 Å². The summed E-state index contributed by atoms with van der Waals surface area (Å²) in [5, 5.41) is 22.6. The monoisotopic (exact) mass is 387 g/mol. The Hall–Kier alpha value is -2.78. The third-order valence-electron chi connectivity index (χ3n) is 4.15. The molecule has 1 aliphatic heterocycles. The molecule has 0 aromatic carbocycles. The number of aromatic nitrogens is 2. The van der Waals surface area contributed by atoms with Crippen LogP contribution in [-0.2, 0) is 9.59 Å². The van der Waals surface area contributed by atoms with E-state index in [9.17, 15) is 14.7 Å². The fourth-order valence-electron chi connectivity index (χ4n) is 3.06. The second-order valence-corrected chi connectivity index (χ2v) is 7.37. The first-order chi connectivity index (χ1) is 12.5. The van der Waals surface area contributed by atoms with Gasteiger partial charge in [0.25, 0.3) is 5.78 Å². The normalized spacial score (nSPS) is 19.5. The number of hydrogen-bond donors (Lipinski definition) is 1. The predicted molar refractivity (Wildman–Crippen MR) is 97.2 cm³/mol. The van der Waals surface area contributed by atoms with Crippen molar-refractivity contribution < 1.29 is 19.1 Å². The highest BCUT2D eigenvalue weighted by Crippen LogP contribution is 2.43. The Morgan fingerprint density at radius 2 is 2.15 bits per heavy atom. The van der Waals surface area contributed by atoms with Gasteiger partial charge in [0.1, 0.15) is 22.8 Å². The molecule has 0 bridgehead atoms. The second-order valence-electron chi connectivity index (χ2n) is 5.77. The quantitative estimate of drug-likeness (QED) is 0.420. The first kappa shape index (κ1) is 16.7. The van der Waals surface area contributed by atoms with Crippen molar-refractivity contribution in [3.8, 4) is 0 Å². The van der Waals surface area contributed by atoms with E-state index in [1.165, 1.54) is 21.7 Å². The molecule has 1 amide bonds. The van der Waals surface area contributed by atoms with Crippen LogP contribution in [0.25, 0.3) is 5.76 Å². The van der Waals surface area contributed by atoms with E-state index in [0.29, 0.717) is 22.2 Å². The molecule has 0 saturated carbocycles. The van der Waals surface area contributed by atoms with E-state index in [1.807, 2.05) is 16.8 Å². The Balaban J connectivity index is 1.95. The van der Waals surface area contributed by atoms with E-state index < -0.39 is 17.7 Å². The summed E-state index contributed by atoms with van der Waals surface area (Å²) in [6.07, 6.45) is 0. The minimum absolute atomic E-state index is 0.0208. The van der Waals surface area contributed by atoms with Crippen LogP contribution >= 0.6 is 22.7 Å². The second kappa shape index (κ2) is 6.19. The Kier molecular flexibility index (Phi) is 3.97. The number of carbonyl (C=O) groups is 2. The molecule has 132 valence electrons. The molecule has 4 heterocycles. The van der Waals surface area contributed by atoms with Gasteiger partial charge in [-0.3, -0.25) is 14.5 Å². The molecule has 1 N–H and O–H groups in total. The number of Topliss-reactive ketones (excluding diaryl/α,β-unsaturated/α-hetero) is 1. The van der Waals surface area contributed by atoms with Crippen molar-refractivity contribution in [2.24, 2.45) is 0 Å². The molecule has 1 saturated heterocycles. The van der Waals surface area contributed by atoms with E-state index >= 15 is 0 Å². The summed E-state index contributed by atoms with van der Waals surface area (Å²) in [7, 11) is 0. The number of amides is 1. The zero-order valence-electron chi connectivity index (χ0n) is 13.8. The fraction of sp³-hybridized carbons (Fsp3) is 0.176. The van der Waals surface area contributed by atoms with Crippen molar-refractivity contribution >= 4 is 45.3 Å². The van der Waals surface area contributed by atoms with Crippen LogP contribution in [0.1, 0.15) is 28.7 Å². The number of ketones is 1. The largest absolute Gasteiger partial charge is 0.507 e. The lowest BCUT2D eigenvalue weighted by molar-refractivity contribution is -0.132. The molecule has 7 nitrogen and oxygen atoms in total. The van der Waals surface area contributed by atoms with Gasteiger partial charge in [-0.1, -0.05) is 11.3 Å². The number of thiophene rings is 1. The summed E-state index contributed by atoms with van der Waals surface area (Å²) in [6, 6.07) is 2.70. The standard InChI is InChI=1S/C17H13N3O4S2/c1-8-5-11(9(2)24-8)14(21)12-13(10-3-4-25-6-10)20(16(23)15(12)22)17-19-18-7-26-17/h3-7,13,21H,1-2H3. The van der Waals surface area contributed by atoms with E-state index in [2.05, 4.69) is 10.2 Å². The number of furan rings is 1. The van der Waals surface area contributed by atoms with Crippen molar-refractivity contribution in [3.05, 3.63) is 56.6 Å². The molecule has 4 rings (SSSR count). The Labute approximate surface area is 156 Å². The van der Waals surface area contributed by atoms with Crippen molar-refractivity contribution in [3.63, 3.8) is 0 Å². The third-order valence-corrected chi connectivity index (χ3v) is 5.54. The Bertz CT molecular complexity index is 1020. The van der Waals surface area contributed by atoms with Gasteiger partial charge in [0, 0.05) is 0 Å². The number of rotatable bonds is 3. The Morgan fingerprint density at radius 3 is 2.73 bits per heavy atom. The maximum absolute atomic E-state index is 12.8. The van der Waals surface area contributed by atoms with Gasteiger partial charge >= 0.3 is 5.91 Å². The highest BCUT2D eigenvalue weighted by atomic mass is 32.1. The number of aliphatic hydroxyl groups excluding tert-OH is 1. The van der Waals surface area contributed by atoms with Crippen LogP contribution < -0.4 is 4.90 Å². The molecular formula is C17H13N3O4S2. The number of aliphatic hydroxyl groups is 1. The molecule has 1 aliphatic rings. The van der Waals surface area contributed by atoms with Crippen LogP contribution in [0.4, 0.5) is 5.13 Å². The first-order valence-electron chi connectivity index (χ1n) is 7.65. The van der Waals surface area contributed by atoms with Crippen LogP contribution in [-0.4, -0.2) is 27.0 Å². The molecular weight excluding hydrogens is 374 g/mol. The lowest BCUT2D eigenvalue weighted by Gasteiger charge is -2.21. The van der Waals surface area contributed by atoms with E-state index in [0.717, 1.165) is 16.9 Å².